The quantitative estimate of drug-likeness (QED) is 0.136. The van der Waals surface area contributed by atoms with E-state index in [4.69, 9.17) is 37.4 Å². The van der Waals surface area contributed by atoms with Crippen LogP contribution in [0.1, 0.15) is 29.1 Å². The smallest absolute Gasteiger partial charge is 0.258 e. The second-order valence-electron chi connectivity index (χ2n) is 10.4. The Morgan fingerprint density at radius 3 is 2.33 bits per heavy atom. The lowest BCUT2D eigenvalue weighted by Gasteiger charge is -2.36. The molecule has 4 rings (SSSR count). The maximum atomic E-state index is 13.6. The summed E-state index contributed by atoms with van der Waals surface area (Å²) in [6.45, 7) is 12.0. The Kier molecular flexibility index (Phi) is 12.6. The molecule has 0 aliphatic carbocycles. The fourth-order valence-corrected chi connectivity index (χ4v) is 7.60. The molecule has 3 aromatic rings. The summed E-state index contributed by atoms with van der Waals surface area (Å²) in [7, 11) is 4.54. The van der Waals surface area contributed by atoms with Crippen molar-refractivity contribution in [1.29, 1.82) is 0 Å². The van der Waals surface area contributed by atoms with Crippen LogP contribution in [0.25, 0.3) is 0 Å². The normalized spacial score (nSPS) is 14.0. The van der Waals surface area contributed by atoms with Crippen LogP contribution in [-0.4, -0.2) is 95.2 Å². The van der Waals surface area contributed by atoms with E-state index in [1.54, 1.807) is 12.4 Å². The lowest BCUT2D eigenvalue weighted by Crippen LogP contribution is -2.47. The molecule has 0 atom stereocenters. The highest BCUT2D eigenvalue weighted by atomic mass is 79.9. The van der Waals surface area contributed by atoms with Gasteiger partial charge in [-0.1, -0.05) is 23.2 Å². The van der Waals surface area contributed by atoms with Crippen molar-refractivity contribution < 1.29 is 24.1 Å². The van der Waals surface area contributed by atoms with Crippen molar-refractivity contribution in [2.45, 2.75) is 20.0 Å². The number of amides is 1. The number of carbonyl (C=O) groups excluding carboxylic acids is 1. The molecule has 0 unspecified atom stereocenters. The van der Waals surface area contributed by atoms with Gasteiger partial charge in [0.15, 0.2) is 11.5 Å². The number of hydrogen-bond acceptors (Lipinski definition) is 10. The van der Waals surface area contributed by atoms with Gasteiger partial charge in [-0.2, -0.15) is 0 Å². The number of aliphatic hydroxyl groups excluding tert-OH is 1. The minimum absolute atomic E-state index is 0.0730. The van der Waals surface area contributed by atoms with Crippen LogP contribution in [0.2, 0.25) is 10.0 Å². The van der Waals surface area contributed by atoms with E-state index in [2.05, 4.69) is 53.1 Å². The number of hydrogen-bond donors (Lipinski definition) is 3. The third-order valence-corrected chi connectivity index (χ3v) is 9.64. The van der Waals surface area contributed by atoms with Crippen molar-refractivity contribution in [3.63, 3.8) is 0 Å². The number of nitrogens with zero attached hydrogens (tertiary/aromatic N) is 4. The predicted octanol–water partition coefficient (Wildman–Crippen LogP) is 6.81. The van der Waals surface area contributed by atoms with E-state index in [1.807, 2.05) is 32.0 Å². The van der Waals surface area contributed by atoms with Gasteiger partial charge in [-0.3, -0.25) is 19.7 Å². The molecule has 0 radical (unpaired) electrons. The molecule has 11 nitrogen and oxygen atoms in total. The largest absolute Gasteiger partial charge is 0.494 e. The van der Waals surface area contributed by atoms with E-state index in [-0.39, 0.29) is 45.5 Å². The van der Waals surface area contributed by atoms with Crippen LogP contribution < -0.4 is 29.7 Å². The number of halogens is 3. The number of aliphatic hydroxyl groups is 1. The molecule has 1 saturated heterocycles. The van der Waals surface area contributed by atoms with Crippen LogP contribution in [0.3, 0.4) is 0 Å². The highest BCUT2D eigenvalue weighted by Crippen LogP contribution is 2.51. The average molecular weight is 757 g/mol. The topological polar surface area (TPSA) is 120 Å². The Labute approximate surface area is 291 Å². The van der Waals surface area contributed by atoms with Crippen molar-refractivity contribution in [3.8, 4) is 17.2 Å². The van der Waals surface area contributed by atoms with Crippen LogP contribution in [-0.2, 0) is 0 Å². The Morgan fingerprint density at radius 2 is 1.78 bits per heavy atom. The first-order chi connectivity index (χ1) is 22.1. The van der Waals surface area contributed by atoms with E-state index >= 15 is 0 Å². The Bertz CT molecular complexity index is 1580. The Hall–Kier alpha value is -3.07. The summed E-state index contributed by atoms with van der Waals surface area (Å²) >= 11 is 17.8. The van der Waals surface area contributed by atoms with Crippen molar-refractivity contribution >= 4 is 91.7 Å². The van der Waals surface area contributed by atoms with Gasteiger partial charge in [-0.15, -0.1) is 11.3 Å². The SMILES string of the molecule is C=Nc1c(C(=O)Nc2c(Cl)c(OC)c(Br)c(OC)c2Cl)csc1C(=NC)Nc1ccc(N2CCN(CCO)CC2)cc1OC(C)C. The number of piperazine rings is 1. The first-order valence-corrected chi connectivity index (χ1v) is 16.8. The van der Waals surface area contributed by atoms with Crippen molar-refractivity contribution in [2.24, 2.45) is 9.98 Å². The molecule has 1 amide bonds. The summed E-state index contributed by atoms with van der Waals surface area (Å²) in [5.41, 5.74) is 2.46. The first-order valence-electron chi connectivity index (χ1n) is 14.4. The number of aliphatic imine (C=N–C) groups is 2. The predicted molar refractivity (Wildman–Crippen MR) is 193 cm³/mol. The second kappa shape index (κ2) is 16.2. The molecule has 2 aromatic carbocycles. The van der Waals surface area contributed by atoms with Gasteiger partial charge in [0.05, 0.1) is 54.4 Å². The fraction of sp³-hybridized carbons (Fsp3) is 0.387. The molecular weight excluding hydrogens is 719 g/mol. The third kappa shape index (κ3) is 7.72. The van der Waals surface area contributed by atoms with Crippen molar-refractivity contribution in [1.82, 2.24) is 4.90 Å². The molecule has 1 aliphatic heterocycles. The van der Waals surface area contributed by atoms with E-state index in [1.165, 1.54) is 25.6 Å². The van der Waals surface area contributed by atoms with Gasteiger partial charge in [0.25, 0.3) is 5.91 Å². The molecule has 46 heavy (non-hydrogen) atoms. The van der Waals surface area contributed by atoms with Gasteiger partial charge in [0.2, 0.25) is 0 Å². The van der Waals surface area contributed by atoms with E-state index in [9.17, 15) is 9.90 Å². The molecule has 1 aromatic heterocycles. The number of anilines is 3. The van der Waals surface area contributed by atoms with Gasteiger partial charge in [-0.25, -0.2) is 0 Å². The number of carbonyl (C=O) groups is 1. The zero-order valence-corrected chi connectivity index (χ0v) is 30.2. The number of ether oxygens (including phenoxy) is 3. The second-order valence-corrected chi connectivity index (χ2v) is 12.8. The zero-order chi connectivity index (χ0) is 33.5. The number of rotatable bonds is 12. The summed E-state index contributed by atoms with van der Waals surface area (Å²) < 4.78 is 17.4. The third-order valence-electron chi connectivity index (χ3n) is 7.22. The van der Waals surface area contributed by atoms with Gasteiger partial charge < -0.3 is 34.9 Å². The summed E-state index contributed by atoms with van der Waals surface area (Å²) in [5, 5.41) is 17.3. The molecule has 2 heterocycles. The number of nitrogens with one attached hydrogen (secondary N) is 2. The minimum Gasteiger partial charge on any atom is -0.494 e. The van der Waals surface area contributed by atoms with Crippen LogP contribution >= 0.6 is 50.5 Å². The summed E-state index contributed by atoms with van der Waals surface area (Å²) in [5.74, 6) is 1.14. The maximum Gasteiger partial charge on any atom is 0.258 e. The van der Waals surface area contributed by atoms with E-state index in [0.717, 1.165) is 31.9 Å². The summed E-state index contributed by atoms with van der Waals surface area (Å²) in [6, 6.07) is 6.02. The average Bonchev–Trinajstić information content (AvgIpc) is 3.47. The van der Waals surface area contributed by atoms with Gasteiger partial charge >= 0.3 is 0 Å². The van der Waals surface area contributed by atoms with Crippen LogP contribution in [0, 0.1) is 0 Å². The molecular formula is C31H37BrCl2N6O5S. The zero-order valence-electron chi connectivity index (χ0n) is 26.2. The lowest BCUT2D eigenvalue weighted by molar-refractivity contribution is 0.102. The molecule has 1 aliphatic rings. The number of β-amino-alcohol motifs (C(OH)–C–C–N with tert-alkyl or cyclic N) is 1. The van der Waals surface area contributed by atoms with Crippen LogP contribution in [0.5, 0.6) is 17.2 Å². The Balaban J connectivity index is 1.61. The molecule has 0 bridgehead atoms. The van der Waals surface area contributed by atoms with Gasteiger partial charge in [0, 0.05) is 56.9 Å². The molecule has 15 heteroatoms. The number of benzene rings is 2. The van der Waals surface area contributed by atoms with Crippen LogP contribution in [0.4, 0.5) is 22.7 Å². The van der Waals surface area contributed by atoms with Crippen molar-refractivity contribution in [2.75, 3.05) is 76.1 Å². The highest BCUT2D eigenvalue weighted by Gasteiger charge is 2.27. The number of thiophene rings is 1. The minimum atomic E-state index is -0.511. The molecule has 0 spiro atoms. The molecule has 3 N–H and O–H groups in total. The van der Waals surface area contributed by atoms with Gasteiger partial charge in [0.1, 0.15) is 26.1 Å². The number of amidine groups is 1. The maximum absolute atomic E-state index is 13.6. The van der Waals surface area contributed by atoms with E-state index < -0.39 is 5.91 Å². The standard InChI is InChI=1S/C31H37BrCl2N6O5S/c1-17(2)45-21-15-18(40-11-9-39(10-12-40)13-14-41)7-8-20(21)37-30(36-4)29-25(35-3)19(16-46-29)31(42)38-26-23(33)27(43-5)22(32)28(44-6)24(26)34/h7-8,15-17,41H,3,9-14H2,1-2,4-6H3,(H,36,37)(H,38,42). The molecule has 1 fully saturated rings. The highest BCUT2D eigenvalue weighted by molar-refractivity contribution is 9.10. The summed E-state index contributed by atoms with van der Waals surface area (Å²) in [6.07, 6.45) is -0.0730. The Morgan fingerprint density at radius 1 is 1.13 bits per heavy atom. The number of methoxy groups -OCH3 is 2. The van der Waals surface area contributed by atoms with Gasteiger partial charge in [-0.05, 0) is 48.6 Å². The monoisotopic (exact) mass is 754 g/mol. The van der Waals surface area contributed by atoms with Crippen molar-refractivity contribution in [3.05, 3.63) is 48.5 Å². The molecule has 248 valence electrons. The fourth-order valence-electron chi connectivity index (χ4n) is 4.98. The van der Waals surface area contributed by atoms with Crippen LogP contribution in [0.15, 0.2) is 38.0 Å². The first kappa shape index (κ1) is 35.8. The summed E-state index contributed by atoms with van der Waals surface area (Å²) in [4.78, 5) is 27.4. The van der Waals surface area contributed by atoms with E-state index in [0.29, 0.717) is 38.9 Å². The lowest BCUT2D eigenvalue weighted by atomic mass is 10.2. The molecule has 0 saturated carbocycles.